The monoisotopic (exact) mass is 260 g/mol. The van der Waals surface area contributed by atoms with Gasteiger partial charge >= 0.3 is 0 Å². The molecule has 1 aromatic carbocycles. The first-order chi connectivity index (χ1) is 8.96. The molecule has 0 radical (unpaired) electrons. The van der Waals surface area contributed by atoms with Crippen molar-refractivity contribution >= 4 is 5.91 Å². The van der Waals surface area contributed by atoms with Crippen LogP contribution in [0, 0.1) is 0 Å². The summed E-state index contributed by atoms with van der Waals surface area (Å²) in [7, 11) is 0. The van der Waals surface area contributed by atoms with Crippen LogP contribution in [-0.2, 0) is 0 Å². The Morgan fingerprint density at radius 3 is 2.68 bits per heavy atom. The summed E-state index contributed by atoms with van der Waals surface area (Å²) in [6, 6.07) is 9.40. The van der Waals surface area contributed by atoms with Crippen LogP contribution in [0.4, 0.5) is 0 Å². The number of amides is 1. The number of para-hydroxylation sites is 1. The van der Waals surface area contributed by atoms with Crippen LogP contribution in [0.25, 0.3) is 5.69 Å². The van der Waals surface area contributed by atoms with Crippen molar-refractivity contribution in [3.05, 3.63) is 42.2 Å². The number of benzene rings is 1. The van der Waals surface area contributed by atoms with Crippen LogP contribution >= 0.6 is 0 Å². The molecule has 2 N–H and O–H groups in total. The Bertz CT molecular complexity index is 558. The van der Waals surface area contributed by atoms with E-state index < -0.39 is 5.60 Å². The smallest absolute Gasteiger partial charge is 0.273 e. The lowest BCUT2D eigenvalue weighted by Gasteiger charge is -2.16. The Labute approximate surface area is 111 Å². The maximum atomic E-state index is 11.8. The lowest BCUT2D eigenvalue weighted by Crippen LogP contribution is -2.38. The number of nitrogens with one attached hydrogen (secondary N) is 1. The van der Waals surface area contributed by atoms with Crippen molar-refractivity contribution in [3.8, 4) is 5.69 Å². The van der Waals surface area contributed by atoms with E-state index in [4.69, 9.17) is 0 Å². The van der Waals surface area contributed by atoms with Crippen LogP contribution in [0.1, 0.15) is 24.3 Å². The van der Waals surface area contributed by atoms with E-state index in [9.17, 15) is 9.90 Å². The normalized spacial score (nSPS) is 11.3. The molecule has 1 aromatic heterocycles. The van der Waals surface area contributed by atoms with Gasteiger partial charge in [0.05, 0.1) is 17.5 Å². The van der Waals surface area contributed by atoms with E-state index in [-0.39, 0.29) is 18.1 Å². The van der Waals surface area contributed by atoms with Gasteiger partial charge in [-0.15, -0.1) is 5.10 Å². The van der Waals surface area contributed by atoms with Crippen molar-refractivity contribution in [2.24, 2.45) is 0 Å². The topological polar surface area (TPSA) is 80.0 Å². The highest BCUT2D eigenvalue weighted by atomic mass is 16.3. The molecule has 2 rings (SSSR count). The summed E-state index contributed by atoms with van der Waals surface area (Å²) < 4.78 is 1.53. The van der Waals surface area contributed by atoms with Gasteiger partial charge in [0.2, 0.25) is 0 Å². The quantitative estimate of drug-likeness (QED) is 0.851. The third-order valence-corrected chi connectivity index (χ3v) is 2.43. The second-order valence-electron chi connectivity index (χ2n) is 4.88. The molecule has 0 saturated heterocycles. The molecule has 1 heterocycles. The van der Waals surface area contributed by atoms with Crippen LogP contribution in [0.2, 0.25) is 0 Å². The molecule has 0 aliphatic carbocycles. The molecule has 0 fully saturated rings. The lowest BCUT2D eigenvalue weighted by atomic mass is 10.1. The second kappa shape index (κ2) is 5.19. The molecular formula is C13H16N4O2. The Balaban J connectivity index is 2.07. The number of carbonyl (C=O) groups is 1. The van der Waals surface area contributed by atoms with Crippen molar-refractivity contribution in [2.45, 2.75) is 19.4 Å². The molecule has 0 aliphatic heterocycles. The van der Waals surface area contributed by atoms with Crippen molar-refractivity contribution in [1.82, 2.24) is 20.3 Å². The number of nitrogens with zero attached hydrogens (tertiary/aromatic N) is 3. The molecular weight excluding hydrogens is 244 g/mol. The van der Waals surface area contributed by atoms with Gasteiger partial charge in [0.1, 0.15) is 0 Å². The highest BCUT2D eigenvalue weighted by molar-refractivity contribution is 5.91. The number of aliphatic hydroxyl groups is 1. The Hall–Kier alpha value is -2.21. The van der Waals surface area contributed by atoms with Crippen LogP contribution in [0.3, 0.4) is 0 Å². The fraction of sp³-hybridized carbons (Fsp3) is 0.308. The molecule has 19 heavy (non-hydrogen) atoms. The summed E-state index contributed by atoms with van der Waals surface area (Å²) >= 11 is 0. The molecule has 0 aliphatic rings. The predicted octanol–water partition coefficient (Wildman–Crippen LogP) is 0.768. The largest absolute Gasteiger partial charge is 0.389 e. The van der Waals surface area contributed by atoms with Gasteiger partial charge in [-0.3, -0.25) is 4.79 Å². The summed E-state index contributed by atoms with van der Waals surface area (Å²) in [6.07, 6.45) is 1.55. The summed E-state index contributed by atoms with van der Waals surface area (Å²) in [4.78, 5) is 11.8. The van der Waals surface area contributed by atoms with E-state index in [0.29, 0.717) is 0 Å². The van der Waals surface area contributed by atoms with E-state index in [1.807, 2.05) is 30.3 Å². The van der Waals surface area contributed by atoms with E-state index >= 15 is 0 Å². The fourth-order valence-electron chi connectivity index (χ4n) is 1.46. The molecule has 0 spiro atoms. The maximum Gasteiger partial charge on any atom is 0.273 e. The Morgan fingerprint density at radius 2 is 2.05 bits per heavy atom. The van der Waals surface area contributed by atoms with Gasteiger partial charge in [0.15, 0.2) is 5.69 Å². The molecule has 1 amide bonds. The minimum absolute atomic E-state index is 0.157. The zero-order valence-corrected chi connectivity index (χ0v) is 10.9. The fourth-order valence-corrected chi connectivity index (χ4v) is 1.46. The molecule has 6 nitrogen and oxygen atoms in total. The average Bonchev–Trinajstić information content (AvgIpc) is 2.86. The van der Waals surface area contributed by atoms with Gasteiger partial charge < -0.3 is 10.4 Å². The molecule has 2 aromatic rings. The molecule has 0 saturated carbocycles. The summed E-state index contributed by atoms with van der Waals surface area (Å²) in [5, 5.41) is 19.8. The van der Waals surface area contributed by atoms with Crippen LogP contribution in [0.5, 0.6) is 0 Å². The van der Waals surface area contributed by atoms with Gasteiger partial charge in [0.25, 0.3) is 5.91 Å². The average molecular weight is 260 g/mol. The van der Waals surface area contributed by atoms with E-state index in [2.05, 4.69) is 15.6 Å². The zero-order valence-electron chi connectivity index (χ0n) is 10.9. The first-order valence-corrected chi connectivity index (χ1v) is 5.94. The van der Waals surface area contributed by atoms with Gasteiger partial charge in [-0.1, -0.05) is 23.4 Å². The summed E-state index contributed by atoms with van der Waals surface area (Å²) in [5.41, 5.74) is 0.0927. The van der Waals surface area contributed by atoms with E-state index in [0.717, 1.165) is 5.69 Å². The second-order valence-corrected chi connectivity index (χ2v) is 4.88. The van der Waals surface area contributed by atoms with Crippen LogP contribution in [-0.4, -0.2) is 38.2 Å². The van der Waals surface area contributed by atoms with E-state index in [1.54, 1.807) is 20.0 Å². The van der Waals surface area contributed by atoms with Crippen molar-refractivity contribution in [2.75, 3.05) is 6.54 Å². The van der Waals surface area contributed by atoms with Crippen LogP contribution < -0.4 is 5.32 Å². The molecule has 0 atom stereocenters. The predicted molar refractivity (Wildman–Crippen MR) is 70.0 cm³/mol. The zero-order chi connectivity index (χ0) is 13.9. The number of rotatable bonds is 4. The van der Waals surface area contributed by atoms with Gasteiger partial charge in [-0.2, -0.15) is 0 Å². The van der Waals surface area contributed by atoms with Gasteiger partial charge in [0, 0.05) is 6.54 Å². The third kappa shape index (κ3) is 3.62. The van der Waals surface area contributed by atoms with Gasteiger partial charge in [-0.25, -0.2) is 4.68 Å². The number of hydrogen-bond donors (Lipinski definition) is 2. The Morgan fingerprint density at radius 1 is 1.37 bits per heavy atom. The molecule has 0 bridgehead atoms. The standard InChI is InChI=1S/C13H16N4O2/c1-13(2,19)9-14-12(18)11-8-17(16-15-11)10-6-4-3-5-7-10/h3-8,19H,9H2,1-2H3,(H,14,18). The first kappa shape index (κ1) is 13.2. The highest BCUT2D eigenvalue weighted by Gasteiger charge is 2.16. The van der Waals surface area contributed by atoms with Crippen molar-refractivity contribution < 1.29 is 9.90 Å². The Kier molecular flexibility index (Phi) is 3.62. The number of aromatic nitrogens is 3. The first-order valence-electron chi connectivity index (χ1n) is 5.94. The third-order valence-electron chi connectivity index (χ3n) is 2.43. The summed E-state index contributed by atoms with van der Waals surface area (Å²) in [5.74, 6) is -0.357. The molecule has 6 heteroatoms. The molecule has 100 valence electrons. The molecule has 0 unspecified atom stereocenters. The van der Waals surface area contributed by atoms with E-state index in [1.165, 1.54) is 4.68 Å². The highest BCUT2D eigenvalue weighted by Crippen LogP contribution is 2.06. The number of hydrogen-bond acceptors (Lipinski definition) is 4. The van der Waals surface area contributed by atoms with Gasteiger partial charge in [-0.05, 0) is 26.0 Å². The number of carbonyl (C=O) groups excluding carboxylic acids is 1. The van der Waals surface area contributed by atoms with Crippen molar-refractivity contribution in [3.63, 3.8) is 0 Å². The van der Waals surface area contributed by atoms with Crippen LogP contribution in [0.15, 0.2) is 36.5 Å². The minimum atomic E-state index is -0.953. The summed E-state index contributed by atoms with van der Waals surface area (Å²) in [6.45, 7) is 3.40. The minimum Gasteiger partial charge on any atom is -0.389 e. The van der Waals surface area contributed by atoms with Crippen molar-refractivity contribution in [1.29, 1.82) is 0 Å². The SMILES string of the molecule is CC(C)(O)CNC(=O)c1cn(-c2ccccc2)nn1. The maximum absolute atomic E-state index is 11.8. The lowest BCUT2D eigenvalue weighted by molar-refractivity contribution is 0.0692.